The lowest BCUT2D eigenvalue weighted by Crippen LogP contribution is -2.47. The summed E-state index contributed by atoms with van der Waals surface area (Å²) in [6.45, 7) is 6.01. The second-order valence-corrected chi connectivity index (χ2v) is 8.56. The Morgan fingerprint density at radius 1 is 1.03 bits per heavy atom. The third kappa shape index (κ3) is 6.45. The zero-order chi connectivity index (χ0) is 23.0. The van der Waals surface area contributed by atoms with E-state index in [-0.39, 0.29) is 13.0 Å². The predicted molar refractivity (Wildman–Crippen MR) is 120 cm³/mol. The van der Waals surface area contributed by atoms with E-state index in [1.165, 1.54) is 6.07 Å². The van der Waals surface area contributed by atoms with E-state index in [0.717, 1.165) is 10.6 Å². The van der Waals surface area contributed by atoms with Crippen molar-refractivity contribution >= 4 is 33.3 Å². The Hall–Kier alpha value is -3.07. The zero-order valence-corrected chi connectivity index (χ0v) is 18.9. The number of carbonyl (C=O) groups excluding carboxylic acids is 2. The monoisotopic (exact) mass is 448 g/mol. The van der Waals surface area contributed by atoms with Gasteiger partial charge in [-0.2, -0.15) is 0 Å². The summed E-state index contributed by atoms with van der Waals surface area (Å²) < 4.78 is 36.6. The van der Waals surface area contributed by atoms with Crippen LogP contribution in [0, 0.1) is 0 Å². The Morgan fingerprint density at radius 2 is 1.71 bits per heavy atom. The Morgan fingerprint density at radius 3 is 2.26 bits per heavy atom. The molecule has 0 spiro atoms. The molecular formula is C22H28N2O6S. The van der Waals surface area contributed by atoms with Gasteiger partial charge >= 0.3 is 5.97 Å². The second-order valence-electron chi connectivity index (χ2n) is 6.70. The number of amides is 1. The third-order valence-corrected chi connectivity index (χ3v) is 5.55. The van der Waals surface area contributed by atoms with Gasteiger partial charge in [-0.15, -0.1) is 0 Å². The summed E-state index contributed by atoms with van der Waals surface area (Å²) in [7, 11) is -3.76. The van der Waals surface area contributed by atoms with Gasteiger partial charge in [0.05, 0.1) is 30.7 Å². The standard InChI is InChI=1S/C22H28N2O6S/c1-5-20(21(25)23-17-10-8-9-16(15-17)22(26)30-7-3)24(31(4,27)28)18-11-13-19(14-12-18)29-6-2/h8-15,20H,5-7H2,1-4H3,(H,23,25)/t20-/m1/s1. The summed E-state index contributed by atoms with van der Waals surface area (Å²) in [4.78, 5) is 25.0. The third-order valence-electron chi connectivity index (χ3n) is 4.37. The van der Waals surface area contributed by atoms with Crippen LogP contribution in [0.15, 0.2) is 48.5 Å². The summed E-state index contributed by atoms with van der Waals surface area (Å²) in [6, 6.07) is 11.8. The molecule has 0 unspecified atom stereocenters. The SMILES string of the molecule is CCOC(=O)c1cccc(NC(=O)[C@@H](CC)N(c2ccc(OCC)cc2)S(C)(=O)=O)c1. The van der Waals surface area contributed by atoms with Crippen molar-refractivity contribution in [2.45, 2.75) is 33.2 Å². The van der Waals surface area contributed by atoms with Gasteiger partial charge in [0.2, 0.25) is 15.9 Å². The number of hydrogen-bond donors (Lipinski definition) is 1. The number of carbonyl (C=O) groups is 2. The van der Waals surface area contributed by atoms with Crippen LogP contribution in [-0.2, 0) is 19.6 Å². The first-order valence-corrected chi connectivity index (χ1v) is 11.9. The van der Waals surface area contributed by atoms with Crippen molar-refractivity contribution in [2.75, 3.05) is 29.1 Å². The van der Waals surface area contributed by atoms with Crippen LogP contribution in [0.25, 0.3) is 0 Å². The van der Waals surface area contributed by atoms with E-state index in [4.69, 9.17) is 9.47 Å². The predicted octanol–water partition coefficient (Wildman–Crippen LogP) is 3.45. The number of nitrogens with zero attached hydrogens (tertiary/aromatic N) is 1. The average molecular weight is 449 g/mol. The van der Waals surface area contributed by atoms with Crippen LogP contribution >= 0.6 is 0 Å². The molecule has 1 atom stereocenters. The maximum Gasteiger partial charge on any atom is 0.338 e. The lowest BCUT2D eigenvalue weighted by atomic mass is 10.1. The Labute approximate surface area is 183 Å². The fourth-order valence-corrected chi connectivity index (χ4v) is 4.29. The topological polar surface area (TPSA) is 102 Å². The van der Waals surface area contributed by atoms with Crippen LogP contribution in [0.2, 0.25) is 0 Å². The Balaban J connectivity index is 2.31. The van der Waals surface area contributed by atoms with Crippen LogP contribution in [0.1, 0.15) is 37.6 Å². The Bertz CT molecular complexity index is 1000. The molecule has 2 rings (SSSR count). The summed E-state index contributed by atoms with van der Waals surface area (Å²) in [5.74, 6) is -0.409. The number of hydrogen-bond acceptors (Lipinski definition) is 6. The van der Waals surface area contributed by atoms with E-state index in [9.17, 15) is 18.0 Å². The van der Waals surface area contributed by atoms with Crippen LogP contribution < -0.4 is 14.4 Å². The minimum absolute atomic E-state index is 0.235. The molecule has 9 heteroatoms. The molecule has 0 aliphatic carbocycles. The highest BCUT2D eigenvalue weighted by Gasteiger charge is 2.31. The molecule has 8 nitrogen and oxygen atoms in total. The van der Waals surface area contributed by atoms with Gasteiger partial charge in [0, 0.05) is 5.69 Å². The number of nitrogens with one attached hydrogen (secondary N) is 1. The van der Waals surface area contributed by atoms with E-state index in [2.05, 4.69) is 5.32 Å². The van der Waals surface area contributed by atoms with Crippen LogP contribution in [-0.4, -0.2) is 45.8 Å². The van der Waals surface area contributed by atoms with Crippen molar-refractivity contribution in [1.29, 1.82) is 0 Å². The number of esters is 1. The number of benzene rings is 2. The smallest absolute Gasteiger partial charge is 0.338 e. The van der Waals surface area contributed by atoms with Gasteiger partial charge in [-0.1, -0.05) is 13.0 Å². The van der Waals surface area contributed by atoms with Gasteiger partial charge in [-0.25, -0.2) is 13.2 Å². The highest BCUT2D eigenvalue weighted by Crippen LogP contribution is 2.26. The summed E-state index contributed by atoms with van der Waals surface area (Å²) >= 11 is 0. The molecule has 0 saturated carbocycles. The van der Waals surface area contributed by atoms with Crippen LogP contribution in [0.3, 0.4) is 0 Å². The van der Waals surface area contributed by atoms with Crippen molar-refractivity contribution in [3.05, 3.63) is 54.1 Å². The zero-order valence-electron chi connectivity index (χ0n) is 18.1. The van der Waals surface area contributed by atoms with Crippen molar-refractivity contribution < 1.29 is 27.5 Å². The molecule has 0 heterocycles. The lowest BCUT2D eigenvalue weighted by Gasteiger charge is -2.30. The summed E-state index contributed by atoms with van der Waals surface area (Å²) in [6.07, 6.45) is 1.30. The van der Waals surface area contributed by atoms with Crippen LogP contribution in [0.5, 0.6) is 5.75 Å². The molecule has 1 N–H and O–H groups in total. The molecule has 2 aromatic rings. The number of ether oxygens (including phenoxy) is 2. The normalized spacial score (nSPS) is 12.0. The van der Waals surface area contributed by atoms with E-state index < -0.39 is 27.9 Å². The van der Waals surface area contributed by atoms with Gasteiger partial charge in [-0.05, 0) is 62.7 Å². The van der Waals surface area contributed by atoms with Crippen molar-refractivity contribution in [2.24, 2.45) is 0 Å². The summed E-state index contributed by atoms with van der Waals surface area (Å²) in [5, 5.41) is 2.71. The first kappa shape index (κ1) is 24.2. The number of sulfonamides is 1. The van der Waals surface area contributed by atoms with E-state index in [0.29, 0.717) is 29.3 Å². The van der Waals surface area contributed by atoms with Gasteiger partial charge in [0.1, 0.15) is 11.8 Å². The largest absolute Gasteiger partial charge is 0.494 e. The molecule has 168 valence electrons. The molecule has 0 saturated heterocycles. The first-order chi connectivity index (χ1) is 14.7. The lowest BCUT2D eigenvalue weighted by molar-refractivity contribution is -0.117. The fourth-order valence-electron chi connectivity index (χ4n) is 3.08. The molecule has 0 aromatic heterocycles. The molecule has 1 amide bonds. The second kappa shape index (κ2) is 10.8. The molecular weight excluding hydrogens is 420 g/mol. The molecule has 0 aliphatic rings. The van der Waals surface area contributed by atoms with Crippen molar-refractivity contribution in [3.8, 4) is 5.75 Å². The highest BCUT2D eigenvalue weighted by atomic mass is 32.2. The van der Waals surface area contributed by atoms with E-state index in [1.807, 2.05) is 6.92 Å². The van der Waals surface area contributed by atoms with Crippen LogP contribution in [0.4, 0.5) is 11.4 Å². The number of anilines is 2. The molecule has 0 bridgehead atoms. The van der Waals surface area contributed by atoms with Gasteiger partial charge < -0.3 is 14.8 Å². The first-order valence-electron chi connectivity index (χ1n) is 10.0. The number of rotatable bonds is 10. The summed E-state index contributed by atoms with van der Waals surface area (Å²) in [5.41, 5.74) is 1.02. The molecule has 31 heavy (non-hydrogen) atoms. The van der Waals surface area contributed by atoms with E-state index >= 15 is 0 Å². The van der Waals surface area contributed by atoms with Gasteiger partial charge in [-0.3, -0.25) is 9.10 Å². The average Bonchev–Trinajstić information content (AvgIpc) is 2.72. The van der Waals surface area contributed by atoms with Gasteiger partial charge in [0.15, 0.2) is 0 Å². The van der Waals surface area contributed by atoms with Crippen molar-refractivity contribution in [3.63, 3.8) is 0 Å². The molecule has 0 fully saturated rings. The maximum atomic E-state index is 13.0. The van der Waals surface area contributed by atoms with Crippen molar-refractivity contribution in [1.82, 2.24) is 0 Å². The van der Waals surface area contributed by atoms with E-state index in [1.54, 1.807) is 56.3 Å². The quantitative estimate of drug-likeness (QED) is 0.559. The highest BCUT2D eigenvalue weighted by molar-refractivity contribution is 7.92. The Kier molecular flexibility index (Phi) is 8.44. The minimum Gasteiger partial charge on any atom is -0.494 e. The molecule has 0 radical (unpaired) electrons. The maximum absolute atomic E-state index is 13.0. The van der Waals surface area contributed by atoms with Gasteiger partial charge in [0.25, 0.3) is 0 Å². The minimum atomic E-state index is -3.76. The fraction of sp³-hybridized carbons (Fsp3) is 0.364. The molecule has 0 aliphatic heterocycles. The molecule has 2 aromatic carbocycles.